The highest BCUT2D eigenvalue weighted by Gasteiger charge is 2.34. The zero-order valence-electron chi connectivity index (χ0n) is 22.6. The maximum absolute atomic E-state index is 14.0. The van der Waals surface area contributed by atoms with Crippen LogP contribution >= 0.6 is 0 Å². The molecule has 0 unspecified atom stereocenters. The highest BCUT2D eigenvalue weighted by molar-refractivity contribution is 5.85. The summed E-state index contributed by atoms with van der Waals surface area (Å²) in [5.41, 5.74) is 8.88. The lowest BCUT2D eigenvalue weighted by Gasteiger charge is -2.39. The van der Waals surface area contributed by atoms with Crippen molar-refractivity contribution < 1.29 is 13.9 Å². The number of halogens is 1. The Hall–Kier alpha value is -2.89. The van der Waals surface area contributed by atoms with Crippen LogP contribution in [0.4, 0.5) is 4.39 Å². The van der Waals surface area contributed by atoms with Gasteiger partial charge in [-0.3, -0.25) is 9.97 Å². The van der Waals surface area contributed by atoms with E-state index in [9.17, 15) is 4.39 Å². The SMILES string of the molecule is CC[C@H]1C[C@@H](/C=C/c2c(C(C)C)nc3c(c2-c2ccc(F)cc2)CCCc2ccncc2-3)OC(C)(C)O1. The molecule has 1 aliphatic heterocycles. The van der Waals surface area contributed by atoms with Gasteiger partial charge in [0.2, 0.25) is 0 Å². The minimum atomic E-state index is -0.628. The topological polar surface area (TPSA) is 44.2 Å². The fraction of sp³-hybridized carbons (Fsp3) is 0.438. The van der Waals surface area contributed by atoms with E-state index in [0.717, 1.165) is 65.7 Å². The Balaban J connectivity index is 1.71. The number of pyridine rings is 2. The molecule has 0 N–H and O–H groups in total. The Kier molecular flexibility index (Phi) is 7.28. The van der Waals surface area contributed by atoms with Gasteiger partial charge in [-0.05, 0) is 85.9 Å². The molecule has 194 valence electrons. The summed E-state index contributed by atoms with van der Waals surface area (Å²) in [7, 11) is 0. The van der Waals surface area contributed by atoms with E-state index < -0.39 is 5.79 Å². The molecular weight excluding hydrogens is 463 g/mol. The first-order valence-electron chi connectivity index (χ1n) is 13.6. The first-order chi connectivity index (χ1) is 17.8. The van der Waals surface area contributed by atoms with Crippen LogP contribution in [-0.4, -0.2) is 28.0 Å². The molecule has 2 atom stereocenters. The van der Waals surface area contributed by atoms with E-state index in [2.05, 4.69) is 44.0 Å². The summed E-state index contributed by atoms with van der Waals surface area (Å²) in [6, 6.07) is 8.99. The summed E-state index contributed by atoms with van der Waals surface area (Å²) in [6.07, 6.45) is 13.0. The predicted octanol–water partition coefficient (Wildman–Crippen LogP) is 7.90. The smallest absolute Gasteiger partial charge is 0.163 e. The molecule has 0 amide bonds. The Labute approximate surface area is 220 Å². The maximum Gasteiger partial charge on any atom is 0.163 e. The van der Waals surface area contributed by atoms with Gasteiger partial charge < -0.3 is 9.47 Å². The van der Waals surface area contributed by atoms with E-state index in [1.54, 1.807) is 12.1 Å². The summed E-state index contributed by atoms with van der Waals surface area (Å²) in [4.78, 5) is 9.75. The maximum atomic E-state index is 14.0. The van der Waals surface area contributed by atoms with Crippen LogP contribution in [0, 0.1) is 5.82 Å². The van der Waals surface area contributed by atoms with Gasteiger partial charge in [0.15, 0.2) is 5.79 Å². The van der Waals surface area contributed by atoms with Crippen molar-refractivity contribution in [2.24, 2.45) is 0 Å². The molecule has 1 aromatic carbocycles. The lowest BCUT2D eigenvalue weighted by molar-refractivity contribution is -0.290. The Morgan fingerprint density at radius 3 is 2.62 bits per heavy atom. The minimum Gasteiger partial charge on any atom is -0.347 e. The van der Waals surface area contributed by atoms with Gasteiger partial charge in [0, 0.05) is 29.9 Å². The standard InChI is InChI=1S/C32H37FN2O2/c1-6-24-18-25(37-32(4,5)36-24)14-15-27-29(22-10-12-23(33)13-11-22)26-9-7-8-21-16-17-34-19-28(21)31(26)35-30(27)20(2)3/h10-17,19-20,24-25H,6-9,18H2,1-5H3/b15-14+/t24-,25+/m0/s1. The molecule has 2 aromatic heterocycles. The summed E-state index contributed by atoms with van der Waals surface area (Å²) in [6.45, 7) is 10.5. The van der Waals surface area contributed by atoms with E-state index >= 15 is 0 Å². The summed E-state index contributed by atoms with van der Waals surface area (Å²) < 4.78 is 26.3. The number of nitrogens with zero attached hydrogens (tertiary/aromatic N) is 2. The second-order valence-corrected chi connectivity index (χ2v) is 11.0. The van der Waals surface area contributed by atoms with Gasteiger partial charge in [0.25, 0.3) is 0 Å². The largest absolute Gasteiger partial charge is 0.347 e. The van der Waals surface area contributed by atoms with Crippen LogP contribution in [-0.2, 0) is 22.3 Å². The first-order valence-corrected chi connectivity index (χ1v) is 13.6. The van der Waals surface area contributed by atoms with Crippen LogP contribution in [0.3, 0.4) is 0 Å². The molecule has 5 rings (SSSR count). The Bertz CT molecular complexity index is 1300. The molecule has 1 aliphatic carbocycles. The zero-order chi connectivity index (χ0) is 26.2. The fourth-order valence-electron chi connectivity index (χ4n) is 5.71. The quantitative estimate of drug-likeness (QED) is 0.357. The monoisotopic (exact) mass is 500 g/mol. The molecule has 0 radical (unpaired) electrons. The molecule has 1 fully saturated rings. The molecule has 4 nitrogen and oxygen atoms in total. The average molecular weight is 501 g/mol. The molecule has 0 saturated carbocycles. The van der Waals surface area contributed by atoms with Crippen LogP contribution in [0.5, 0.6) is 0 Å². The molecule has 0 spiro atoms. The Morgan fingerprint density at radius 2 is 1.89 bits per heavy atom. The summed E-state index contributed by atoms with van der Waals surface area (Å²) >= 11 is 0. The predicted molar refractivity (Wildman–Crippen MR) is 147 cm³/mol. The number of aromatic nitrogens is 2. The van der Waals surface area contributed by atoms with Crippen molar-refractivity contribution in [3.63, 3.8) is 0 Å². The van der Waals surface area contributed by atoms with Gasteiger partial charge in [0.05, 0.1) is 23.6 Å². The number of benzene rings is 1. The molecule has 0 bridgehead atoms. The lowest BCUT2D eigenvalue weighted by atomic mass is 9.86. The van der Waals surface area contributed by atoms with Gasteiger partial charge in [-0.2, -0.15) is 0 Å². The minimum absolute atomic E-state index is 0.0569. The van der Waals surface area contributed by atoms with Crippen molar-refractivity contribution in [1.82, 2.24) is 9.97 Å². The second-order valence-electron chi connectivity index (χ2n) is 11.0. The van der Waals surface area contributed by atoms with Crippen LogP contribution < -0.4 is 0 Å². The molecule has 3 heterocycles. The molecule has 3 aromatic rings. The number of rotatable bonds is 5. The normalized spacial score (nSPS) is 21.1. The van der Waals surface area contributed by atoms with Gasteiger partial charge in [-0.15, -0.1) is 0 Å². The van der Waals surface area contributed by atoms with Crippen LogP contribution in [0.1, 0.15) is 82.2 Å². The lowest BCUT2D eigenvalue weighted by Crippen LogP contribution is -2.43. The average Bonchev–Trinajstić information content (AvgIpc) is 3.05. The van der Waals surface area contributed by atoms with Crippen molar-refractivity contribution in [1.29, 1.82) is 0 Å². The summed E-state index contributed by atoms with van der Waals surface area (Å²) in [5.74, 6) is -0.664. The van der Waals surface area contributed by atoms with Gasteiger partial charge in [-0.25, -0.2) is 4.39 Å². The van der Waals surface area contributed by atoms with E-state index in [1.807, 2.05) is 38.4 Å². The molecule has 1 saturated heterocycles. The zero-order valence-corrected chi connectivity index (χ0v) is 22.6. The van der Waals surface area contributed by atoms with Gasteiger partial charge in [0.1, 0.15) is 5.82 Å². The highest BCUT2D eigenvalue weighted by atomic mass is 19.1. The number of hydrogen-bond donors (Lipinski definition) is 0. The van der Waals surface area contributed by atoms with Crippen LogP contribution in [0.2, 0.25) is 0 Å². The Morgan fingerprint density at radius 1 is 1.11 bits per heavy atom. The number of fused-ring (bicyclic) bond motifs is 3. The van der Waals surface area contributed by atoms with Gasteiger partial charge >= 0.3 is 0 Å². The van der Waals surface area contributed by atoms with E-state index in [1.165, 1.54) is 11.1 Å². The third kappa shape index (κ3) is 5.39. The van der Waals surface area contributed by atoms with Crippen molar-refractivity contribution >= 4 is 6.08 Å². The van der Waals surface area contributed by atoms with Gasteiger partial charge in [-0.1, -0.05) is 45.1 Å². The van der Waals surface area contributed by atoms with Crippen molar-refractivity contribution in [2.45, 2.75) is 90.6 Å². The van der Waals surface area contributed by atoms with E-state index in [-0.39, 0.29) is 23.9 Å². The van der Waals surface area contributed by atoms with Crippen LogP contribution in [0.25, 0.3) is 28.5 Å². The van der Waals surface area contributed by atoms with E-state index in [4.69, 9.17) is 14.5 Å². The van der Waals surface area contributed by atoms with Crippen molar-refractivity contribution in [3.05, 3.63) is 77.0 Å². The van der Waals surface area contributed by atoms with Crippen LogP contribution in [0.15, 0.2) is 48.8 Å². The highest BCUT2D eigenvalue weighted by Crippen LogP contribution is 2.42. The molecule has 37 heavy (non-hydrogen) atoms. The van der Waals surface area contributed by atoms with Crippen molar-refractivity contribution in [2.75, 3.05) is 0 Å². The molecule has 5 heteroatoms. The molecule has 2 aliphatic rings. The first kappa shape index (κ1) is 25.7. The third-order valence-electron chi connectivity index (χ3n) is 7.40. The number of hydrogen-bond acceptors (Lipinski definition) is 4. The number of ether oxygens (including phenoxy) is 2. The fourth-order valence-corrected chi connectivity index (χ4v) is 5.71. The number of aryl methyl sites for hydroxylation is 1. The van der Waals surface area contributed by atoms with Crippen molar-refractivity contribution in [3.8, 4) is 22.4 Å². The summed E-state index contributed by atoms with van der Waals surface area (Å²) in [5, 5.41) is 0. The molecular formula is C32H37FN2O2. The third-order valence-corrected chi connectivity index (χ3v) is 7.40. The second kappa shape index (κ2) is 10.5. The van der Waals surface area contributed by atoms with E-state index in [0.29, 0.717) is 0 Å².